The molecule has 0 fully saturated rings. The molecule has 5 nitrogen and oxygen atoms in total. The molecule has 0 saturated carbocycles. The van der Waals surface area contributed by atoms with E-state index in [0.29, 0.717) is 0 Å². The van der Waals surface area contributed by atoms with Gasteiger partial charge in [-0.2, -0.15) is 0 Å². The van der Waals surface area contributed by atoms with Gasteiger partial charge in [0, 0.05) is 0 Å². The summed E-state index contributed by atoms with van der Waals surface area (Å²) < 4.78 is 21.8. The Morgan fingerprint density at radius 2 is 1.22 bits per heavy atom. The Hall–Kier alpha value is 1.53. The standard InChI is InChI=1S/2Li.H4O5P2/c;;1-6(2)5-7(3)4/h;;6-7H,(H,1,2)(H,3,4)/q2*+1;/p-2. The summed E-state index contributed by atoms with van der Waals surface area (Å²) in [4.78, 5) is 18.6. The Morgan fingerprint density at radius 3 is 1.22 bits per heavy atom. The van der Waals surface area contributed by atoms with Gasteiger partial charge in [-0.05, 0) is 0 Å². The van der Waals surface area contributed by atoms with Gasteiger partial charge in [-0.25, -0.2) is 0 Å². The third kappa shape index (κ3) is 17.7. The van der Waals surface area contributed by atoms with Gasteiger partial charge in [0.15, 0.2) is 0 Å². The van der Waals surface area contributed by atoms with Crippen molar-refractivity contribution in [3.63, 3.8) is 0 Å². The molecule has 9 heavy (non-hydrogen) atoms. The molecule has 0 aromatic heterocycles. The largest absolute Gasteiger partial charge is 1.00 e. The van der Waals surface area contributed by atoms with Gasteiger partial charge in [-0.3, -0.25) is 4.31 Å². The molecule has 0 spiro atoms. The first-order valence-corrected chi connectivity index (χ1v) is 3.67. The Bertz CT molecular complexity index is 89.1. The van der Waals surface area contributed by atoms with Crippen LogP contribution in [0.25, 0.3) is 0 Å². The fraction of sp³-hybridized carbons (Fsp3) is 0. The quantitative estimate of drug-likeness (QED) is 0.294. The smallest absolute Gasteiger partial charge is 0.781 e. The van der Waals surface area contributed by atoms with E-state index in [2.05, 4.69) is 4.31 Å². The van der Waals surface area contributed by atoms with Crippen LogP contribution in [0, 0.1) is 0 Å². The van der Waals surface area contributed by atoms with E-state index in [1.807, 2.05) is 0 Å². The zero-order valence-electron chi connectivity index (χ0n) is 5.04. The minimum atomic E-state index is -3.51. The zero-order valence-corrected chi connectivity index (χ0v) is 7.04. The molecule has 0 amide bonds. The van der Waals surface area contributed by atoms with Gasteiger partial charge in [0.1, 0.15) is 16.5 Å². The van der Waals surface area contributed by atoms with Crippen molar-refractivity contribution in [1.29, 1.82) is 0 Å². The van der Waals surface area contributed by atoms with E-state index in [4.69, 9.17) is 0 Å². The maximum atomic E-state index is 9.29. The molecule has 0 bridgehead atoms. The van der Waals surface area contributed by atoms with Crippen molar-refractivity contribution in [3.8, 4) is 0 Å². The predicted molar refractivity (Wildman–Crippen MR) is 19.1 cm³/mol. The Morgan fingerprint density at radius 1 is 1.00 bits per heavy atom. The fourth-order valence-electron chi connectivity index (χ4n) is 0.0680. The van der Waals surface area contributed by atoms with Gasteiger partial charge in [0.25, 0.3) is 0 Å². The molecule has 0 rings (SSSR count). The minimum absolute atomic E-state index is 0. The molecule has 2 unspecified atom stereocenters. The molecule has 0 aromatic carbocycles. The Balaban J connectivity index is -0.000000180. The van der Waals surface area contributed by atoms with E-state index < -0.39 is 16.5 Å². The van der Waals surface area contributed by atoms with Crippen molar-refractivity contribution in [2.75, 3.05) is 0 Å². The molecule has 9 heteroatoms. The minimum Gasteiger partial charge on any atom is -0.781 e. The van der Waals surface area contributed by atoms with Crippen LogP contribution in [0.2, 0.25) is 0 Å². The summed E-state index contributed by atoms with van der Waals surface area (Å²) in [5, 5.41) is 0. The first-order chi connectivity index (χ1) is 3.13. The van der Waals surface area contributed by atoms with Gasteiger partial charge in [0.05, 0.1) is 0 Å². The number of hydrogen-bond donors (Lipinski definition) is 0. The second-order valence-corrected chi connectivity index (χ2v) is 2.42. The molecule has 44 valence electrons. The monoisotopic (exact) mass is 158 g/mol. The van der Waals surface area contributed by atoms with E-state index in [-0.39, 0.29) is 37.7 Å². The molecule has 0 aliphatic carbocycles. The number of rotatable bonds is 2. The normalized spacial score (nSPS) is 14.4. The van der Waals surface area contributed by atoms with Gasteiger partial charge < -0.3 is 18.9 Å². The van der Waals surface area contributed by atoms with Gasteiger partial charge in [0.2, 0.25) is 0 Å². The predicted octanol–water partition coefficient (Wildman–Crippen LogP) is -7.49. The zero-order chi connectivity index (χ0) is 5.86. The second-order valence-electron chi connectivity index (χ2n) is 0.602. The molecular formula is H2Li2O5P2. The maximum Gasteiger partial charge on any atom is 1.00 e. The Labute approximate surface area is 77.4 Å². The number of hydrogen-bond acceptors (Lipinski definition) is 5. The van der Waals surface area contributed by atoms with Crippen molar-refractivity contribution in [2.45, 2.75) is 0 Å². The first kappa shape index (κ1) is 16.9. The molecule has 0 saturated heterocycles. The third-order valence-electron chi connectivity index (χ3n) is 0.167. The summed E-state index contributed by atoms with van der Waals surface area (Å²) in [6.07, 6.45) is 0. The second kappa shape index (κ2) is 9.53. The van der Waals surface area contributed by atoms with E-state index in [1.165, 1.54) is 0 Å². The summed E-state index contributed by atoms with van der Waals surface area (Å²) in [5.74, 6) is 0. The molecule has 0 aromatic rings. The molecular weight excluding hydrogens is 156 g/mol. The molecule has 0 aliphatic heterocycles. The molecule has 0 radical (unpaired) electrons. The first-order valence-electron chi connectivity index (χ1n) is 1.22. The topological polar surface area (TPSA) is 89.5 Å². The molecule has 0 N–H and O–H groups in total. The van der Waals surface area contributed by atoms with Crippen LogP contribution in [0.5, 0.6) is 0 Å². The average molecular weight is 158 g/mol. The van der Waals surface area contributed by atoms with Crippen LogP contribution < -0.4 is 47.5 Å². The SMILES string of the molecule is O=[PH]([O-])O[PH](=O)[O-].[Li+].[Li+]. The van der Waals surface area contributed by atoms with Crippen molar-refractivity contribution in [1.82, 2.24) is 0 Å². The van der Waals surface area contributed by atoms with E-state index in [9.17, 15) is 18.9 Å². The maximum absolute atomic E-state index is 9.29. The van der Waals surface area contributed by atoms with Crippen LogP contribution in [-0.4, -0.2) is 0 Å². The van der Waals surface area contributed by atoms with Crippen molar-refractivity contribution >= 4 is 16.5 Å². The Kier molecular flexibility index (Phi) is 17.9. The van der Waals surface area contributed by atoms with Gasteiger partial charge in [-0.1, -0.05) is 0 Å². The molecule has 2 atom stereocenters. The van der Waals surface area contributed by atoms with E-state index in [0.717, 1.165) is 0 Å². The van der Waals surface area contributed by atoms with Crippen LogP contribution in [0.4, 0.5) is 0 Å². The van der Waals surface area contributed by atoms with Crippen LogP contribution in [-0.2, 0) is 13.4 Å². The van der Waals surface area contributed by atoms with Crippen molar-refractivity contribution in [2.24, 2.45) is 0 Å². The van der Waals surface area contributed by atoms with Crippen molar-refractivity contribution in [3.05, 3.63) is 0 Å². The van der Waals surface area contributed by atoms with E-state index >= 15 is 0 Å². The van der Waals surface area contributed by atoms with Gasteiger partial charge >= 0.3 is 37.7 Å². The van der Waals surface area contributed by atoms with Crippen LogP contribution in [0.3, 0.4) is 0 Å². The summed E-state index contributed by atoms with van der Waals surface area (Å²) >= 11 is 0. The van der Waals surface area contributed by atoms with E-state index in [1.54, 1.807) is 0 Å². The van der Waals surface area contributed by atoms with Crippen LogP contribution in [0.1, 0.15) is 0 Å². The summed E-state index contributed by atoms with van der Waals surface area (Å²) in [6.45, 7) is 0. The van der Waals surface area contributed by atoms with Crippen molar-refractivity contribution < 1.29 is 60.9 Å². The third-order valence-corrected chi connectivity index (χ3v) is 1.50. The van der Waals surface area contributed by atoms with Crippen LogP contribution in [0.15, 0.2) is 0 Å². The molecule has 0 aliphatic rings. The fourth-order valence-corrected chi connectivity index (χ4v) is 0.612. The average Bonchev–Trinajstić information content (AvgIpc) is 1.27. The summed E-state index contributed by atoms with van der Waals surface area (Å²) in [6, 6.07) is 0. The molecule has 0 heterocycles. The summed E-state index contributed by atoms with van der Waals surface area (Å²) in [5.41, 5.74) is 0. The van der Waals surface area contributed by atoms with Gasteiger partial charge in [-0.15, -0.1) is 0 Å². The van der Waals surface area contributed by atoms with Crippen LogP contribution >= 0.6 is 16.5 Å². The summed E-state index contributed by atoms with van der Waals surface area (Å²) in [7, 11) is -7.03.